The summed E-state index contributed by atoms with van der Waals surface area (Å²) in [5.74, 6) is -0.500. The molecule has 0 bridgehead atoms. The molecule has 1 heterocycles. The number of nitrogens with one attached hydrogen (secondary N) is 1. The van der Waals surface area contributed by atoms with Crippen LogP contribution >= 0.6 is 23.2 Å². The second-order valence-electron chi connectivity index (χ2n) is 7.37. The van der Waals surface area contributed by atoms with E-state index in [0.717, 1.165) is 19.6 Å². The summed E-state index contributed by atoms with van der Waals surface area (Å²) in [4.78, 5) is 28.7. The maximum atomic E-state index is 12.6. The Morgan fingerprint density at radius 3 is 2.34 bits per heavy atom. The molecule has 2 amide bonds. The molecule has 0 aliphatic carbocycles. The molecule has 29 heavy (non-hydrogen) atoms. The summed E-state index contributed by atoms with van der Waals surface area (Å²) >= 11 is 11.8. The van der Waals surface area contributed by atoms with Gasteiger partial charge in [-0.2, -0.15) is 0 Å². The van der Waals surface area contributed by atoms with Crippen molar-refractivity contribution in [3.63, 3.8) is 0 Å². The number of hydrogen-bond donors (Lipinski definition) is 1. The quantitative estimate of drug-likeness (QED) is 0.718. The topological polar surface area (TPSA) is 52.7 Å². The van der Waals surface area contributed by atoms with Crippen molar-refractivity contribution < 1.29 is 9.59 Å². The highest BCUT2D eigenvalue weighted by Gasteiger charge is 2.16. The van der Waals surface area contributed by atoms with Crippen LogP contribution in [0.2, 0.25) is 10.0 Å². The predicted octanol–water partition coefficient (Wildman–Crippen LogP) is 4.69. The predicted molar refractivity (Wildman–Crippen MR) is 118 cm³/mol. The Morgan fingerprint density at radius 2 is 1.69 bits per heavy atom. The maximum absolute atomic E-state index is 12.6. The van der Waals surface area contributed by atoms with Gasteiger partial charge in [-0.15, -0.1) is 0 Å². The molecule has 1 fully saturated rings. The van der Waals surface area contributed by atoms with Gasteiger partial charge in [0.25, 0.3) is 5.91 Å². The van der Waals surface area contributed by atoms with Gasteiger partial charge >= 0.3 is 0 Å². The second kappa shape index (κ2) is 10.1. The molecule has 154 valence electrons. The van der Waals surface area contributed by atoms with E-state index in [-0.39, 0.29) is 18.4 Å². The average Bonchev–Trinajstić information content (AvgIpc) is 2.71. The number of carbonyl (C=O) groups is 2. The minimum absolute atomic E-state index is 0.0609. The summed E-state index contributed by atoms with van der Waals surface area (Å²) < 4.78 is 0. The largest absolute Gasteiger partial charge is 0.332 e. The van der Waals surface area contributed by atoms with Gasteiger partial charge in [-0.1, -0.05) is 41.8 Å². The number of rotatable bonds is 6. The lowest BCUT2D eigenvalue weighted by molar-refractivity contribution is -0.116. The molecule has 1 aliphatic heterocycles. The average molecular weight is 434 g/mol. The first-order chi connectivity index (χ1) is 13.9. The summed E-state index contributed by atoms with van der Waals surface area (Å²) in [6.07, 6.45) is 3.83. The van der Waals surface area contributed by atoms with E-state index in [1.165, 1.54) is 29.7 Å². The molecule has 7 heteroatoms. The first-order valence-electron chi connectivity index (χ1n) is 9.74. The molecule has 0 atom stereocenters. The maximum Gasteiger partial charge on any atom is 0.254 e. The Hall–Kier alpha value is -2.08. The summed E-state index contributed by atoms with van der Waals surface area (Å²) in [6.45, 7) is 3.12. The molecule has 1 saturated heterocycles. The second-order valence-corrected chi connectivity index (χ2v) is 8.19. The van der Waals surface area contributed by atoms with Crippen LogP contribution in [0.15, 0.2) is 42.5 Å². The fourth-order valence-corrected chi connectivity index (χ4v) is 3.71. The summed E-state index contributed by atoms with van der Waals surface area (Å²) in [7, 11) is 1.61. The van der Waals surface area contributed by atoms with Crippen molar-refractivity contribution >= 4 is 40.7 Å². The minimum Gasteiger partial charge on any atom is -0.332 e. The van der Waals surface area contributed by atoms with Gasteiger partial charge in [0.15, 0.2) is 0 Å². The minimum atomic E-state index is -0.305. The number of carbonyl (C=O) groups excluding carboxylic acids is 2. The Labute approximate surface area is 181 Å². The molecule has 0 radical (unpaired) electrons. The Kier molecular flexibility index (Phi) is 7.53. The fraction of sp³-hybridized carbons (Fsp3) is 0.364. The number of likely N-dealkylation sites (N-methyl/N-ethyl adjacent to an activating group) is 1. The number of anilines is 1. The molecule has 0 aromatic heterocycles. The molecule has 0 saturated carbocycles. The van der Waals surface area contributed by atoms with Crippen molar-refractivity contribution in [2.24, 2.45) is 0 Å². The zero-order chi connectivity index (χ0) is 20.8. The highest BCUT2D eigenvalue weighted by atomic mass is 35.5. The standard InChI is InChI=1S/C22H25Cl2N3O2/c1-26(15-21(28)25-18-9-10-19(23)20(24)13-18)22(29)17-7-5-16(6-8-17)14-27-11-3-2-4-12-27/h5-10,13H,2-4,11-12,14-15H2,1H3,(H,25,28). The molecule has 0 spiro atoms. The first kappa shape index (κ1) is 21.6. The third-order valence-corrected chi connectivity index (χ3v) is 5.73. The van der Waals surface area contributed by atoms with Crippen molar-refractivity contribution in [1.29, 1.82) is 0 Å². The van der Waals surface area contributed by atoms with Crippen LogP contribution in [0.3, 0.4) is 0 Å². The molecule has 1 aliphatic rings. The van der Waals surface area contributed by atoms with E-state index in [9.17, 15) is 9.59 Å². The van der Waals surface area contributed by atoms with Crippen molar-refractivity contribution in [1.82, 2.24) is 9.80 Å². The SMILES string of the molecule is CN(CC(=O)Nc1ccc(Cl)c(Cl)c1)C(=O)c1ccc(CN2CCCCC2)cc1. The van der Waals surface area contributed by atoms with Crippen molar-refractivity contribution in [2.75, 3.05) is 32.0 Å². The summed E-state index contributed by atoms with van der Waals surface area (Å²) in [5, 5.41) is 3.50. The number of benzene rings is 2. The lowest BCUT2D eigenvalue weighted by Gasteiger charge is -2.26. The number of likely N-dealkylation sites (tertiary alicyclic amines) is 1. The van der Waals surface area contributed by atoms with Gasteiger partial charge in [0.2, 0.25) is 5.91 Å². The van der Waals surface area contributed by atoms with Crippen LogP contribution in [0, 0.1) is 0 Å². The van der Waals surface area contributed by atoms with Gasteiger partial charge in [-0.25, -0.2) is 0 Å². The monoisotopic (exact) mass is 433 g/mol. The van der Waals surface area contributed by atoms with Crippen LogP contribution < -0.4 is 5.32 Å². The molecule has 1 N–H and O–H groups in total. The van der Waals surface area contributed by atoms with Crippen LogP contribution in [0.5, 0.6) is 0 Å². The van der Waals surface area contributed by atoms with Crippen LogP contribution in [0.1, 0.15) is 35.2 Å². The van der Waals surface area contributed by atoms with E-state index in [1.807, 2.05) is 24.3 Å². The number of piperidine rings is 1. The third kappa shape index (κ3) is 6.20. The molecular weight excluding hydrogens is 409 g/mol. The van der Waals surface area contributed by atoms with Crippen LogP contribution in [-0.4, -0.2) is 48.3 Å². The van der Waals surface area contributed by atoms with Crippen LogP contribution in [-0.2, 0) is 11.3 Å². The Balaban J connectivity index is 1.53. The zero-order valence-electron chi connectivity index (χ0n) is 16.5. The van der Waals surface area contributed by atoms with E-state index >= 15 is 0 Å². The Morgan fingerprint density at radius 1 is 1.00 bits per heavy atom. The zero-order valence-corrected chi connectivity index (χ0v) is 18.0. The highest BCUT2D eigenvalue weighted by molar-refractivity contribution is 6.42. The lowest BCUT2D eigenvalue weighted by atomic mass is 10.1. The van der Waals surface area contributed by atoms with Gasteiger partial charge in [-0.05, 0) is 61.8 Å². The first-order valence-corrected chi connectivity index (χ1v) is 10.5. The van der Waals surface area contributed by atoms with E-state index in [0.29, 0.717) is 21.3 Å². The van der Waals surface area contributed by atoms with Gasteiger partial charge in [0.1, 0.15) is 0 Å². The number of nitrogens with zero attached hydrogens (tertiary/aromatic N) is 2. The fourth-order valence-electron chi connectivity index (χ4n) is 3.41. The summed E-state index contributed by atoms with van der Waals surface area (Å²) in [6, 6.07) is 12.5. The number of amides is 2. The molecular formula is C22H25Cl2N3O2. The van der Waals surface area contributed by atoms with E-state index in [1.54, 1.807) is 25.2 Å². The molecule has 2 aromatic rings. The number of hydrogen-bond acceptors (Lipinski definition) is 3. The Bertz CT molecular complexity index is 865. The smallest absolute Gasteiger partial charge is 0.254 e. The van der Waals surface area contributed by atoms with Crippen molar-refractivity contribution in [3.8, 4) is 0 Å². The van der Waals surface area contributed by atoms with E-state index in [4.69, 9.17) is 23.2 Å². The molecule has 2 aromatic carbocycles. The highest BCUT2D eigenvalue weighted by Crippen LogP contribution is 2.25. The van der Waals surface area contributed by atoms with E-state index in [2.05, 4.69) is 10.2 Å². The van der Waals surface area contributed by atoms with Gasteiger partial charge in [0.05, 0.1) is 16.6 Å². The molecule has 3 rings (SSSR count). The van der Waals surface area contributed by atoms with Crippen molar-refractivity contribution in [3.05, 3.63) is 63.6 Å². The van der Waals surface area contributed by atoms with Crippen molar-refractivity contribution in [2.45, 2.75) is 25.8 Å². The van der Waals surface area contributed by atoms with Crippen LogP contribution in [0.4, 0.5) is 5.69 Å². The third-order valence-electron chi connectivity index (χ3n) is 4.99. The van der Waals surface area contributed by atoms with Gasteiger partial charge in [-0.3, -0.25) is 14.5 Å². The summed E-state index contributed by atoms with van der Waals surface area (Å²) in [5.41, 5.74) is 2.30. The van der Waals surface area contributed by atoms with E-state index < -0.39 is 0 Å². The molecule has 5 nitrogen and oxygen atoms in total. The molecule has 0 unspecified atom stereocenters. The normalized spacial score (nSPS) is 14.4. The van der Waals surface area contributed by atoms with Gasteiger partial charge < -0.3 is 10.2 Å². The number of halogens is 2. The lowest BCUT2D eigenvalue weighted by Crippen LogP contribution is -2.35. The van der Waals surface area contributed by atoms with Crippen LogP contribution in [0.25, 0.3) is 0 Å². The van der Waals surface area contributed by atoms with Gasteiger partial charge in [0, 0.05) is 24.8 Å².